The van der Waals surface area contributed by atoms with Crippen molar-refractivity contribution in [2.24, 2.45) is 5.84 Å². The van der Waals surface area contributed by atoms with E-state index >= 15 is 0 Å². The van der Waals surface area contributed by atoms with E-state index in [4.69, 9.17) is 10.9 Å². The van der Waals surface area contributed by atoms with E-state index in [9.17, 15) is 0 Å². The van der Waals surface area contributed by atoms with Crippen LogP contribution in [0.3, 0.4) is 0 Å². The first-order chi connectivity index (χ1) is 6.69. The fraction of sp³-hybridized carbons (Fsp3) is 0.500. The van der Waals surface area contributed by atoms with Crippen molar-refractivity contribution < 1.29 is 5.11 Å². The van der Waals surface area contributed by atoms with Crippen LogP contribution in [0.1, 0.15) is 6.92 Å². The van der Waals surface area contributed by atoms with Crippen LogP contribution in [0.4, 0.5) is 11.6 Å². The van der Waals surface area contributed by atoms with E-state index in [0.29, 0.717) is 5.82 Å². The highest BCUT2D eigenvalue weighted by Gasteiger charge is 2.10. The molecule has 0 fully saturated rings. The lowest BCUT2D eigenvalue weighted by Crippen LogP contribution is -2.32. The minimum atomic E-state index is 0.00974. The Bertz CT molecular complexity index is 293. The van der Waals surface area contributed by atoms with Gasteiger partial charge in [0.2, 0.25) is 0 Å². The summed E-state index contributed by atoms with van der Waals surface area (Å²) in [5.41, 5.74) is 2.44. The molecule has 14 heavy (non-hydrogen) atoms. The molecule has 4 N–H and O–H groups in total. The molecule has 1 heterocycles. The fourth-order valence-electron chi connectivity index (χ4n) is 0.967. The second-order valence-electron chi connectivity index (χ2n) is 3.05. The molecule has 0 amide bonds. The number of hydrogen-bond acceptors (Lipinski definition) is 6. The molecule has 1 rings (SSSR count). The van der Waals surface area contributed by atoms with Crippen molar-refractivity contribution in [3.63, 3.8) is 0 Å². The molecule has 0 saturated carbocycles. The van der Waals surface area contributed by atoms with Crippen molar-refractivity contribution in [3.8, 4) is 0 Å². The smallest absolute Gasteiger partial charge is 0.145 e. The van der Waals surface area contributed by atoms with Gasteiger partial charge >= 0.3 is 0 Å². The SMILES string of the molecule is CC(CO)N(C)c1cc(NN)ncn1. The summed E-state index contributed by atoms with van der Waals surface area (Å²) >= 11 is 0. The Morgan fingerprint density at radius 3 is 2.93 bits per heavy atom. The third-order valence-corrected chi connectivity index (χ3v) is 2.09. The van der Waals surface area contributed by atoms with Crippen LogP contribution in [-0.4, -0.2) is 34.8 Å². The first kappa shape index (κ1) is 10.7. The molecule has 6 heteroatoms. The molecule has 0 aliphatic heterocycles. The summed E-state index contributed by atoms with van der Waals surface area (Å²) in [5.74, 6) is 6.48. The number of rotatable bonds is 4. The number of nitrogen functional groups attached to an aromatic ring is 1. The van der Waals surface area contributed by atoms with Gasteiger partial charge in [-0.05, 0) is 6.92 Å². The Hall–Kier alpha value is -1.40. The summed E-state index contributed by atoms with van der Waals surface area (Å²) in [4.78, 5) is 9.80. The average Bonchev–Trinajstić information content (AvgIpc) is 2.27. The molecule has 1 atom stereocenters. The van der Waals surface area contributed by atoms with E-state index in [0.717, 1.165) is 5.82 Å². The van der Waals surface area contributed by atoms with Gasteiger partial charge < -0.3 is 15.4 Å². The molecular weight excluding hydrogens is 182 g/mol. The molecule has 0 spiro atoms. The molecule has 1 aromatic heterocycles. The van der Waals surface area contributed by atoms with Gasteiger partial charge in [0.25, 0.3) is 0 Å². The van der Waals surface area contributed by atoms with Gasteiger partial charge in [-0.1, -0.05) is 0 Å². The highest BCUT2D eigenvalue weighted by atomic mass is 16.3. The van der Waals surface area contributed by atoms with Crippen LogP contribution in [0.2, 0.25) is 0 Å². The van der Waals surface area contributed by atoms with Gasteiger partial charge in [-0.25, -0.2) is 15.8 Å². The Kier molecular flexibility index (Phi) is 3.61. The molecule has 0 radical (unpaired) electrons. The summed E-state index contributed by atoms with van der Waals surface area (Å²) in [6.07, 6.45) is 1.42. The normalized spacial score (nSPS) is 12.3. The van der Waals surface area contributed by atoms with Gasteiger partial charge in [-0.2, -0.15) is 0 Å². The lowest BCUT2D eigenvalue weighted by molar-refractivity contribution is 0.270. The van der Waals surface area contributed by atoms with Crippen LogP contribution >= 0.6 is 0 Å². The Balaban J connectivity index is 2.83. The van der Waals surface area contributed by atoms with E-state index < -0.39 is 0 Å². The van der Waals surface area contributed by atoms with E-state index in [1.807, 2.05) is 18.9 Å². The van der Waals surface area contributed by atoms with Crippen LogP contribution in [0.15, 0.2) is 12.4 Å². The number of likely N-dealkylation sites (N-methyl/N-ethyl adjacent to an activating group) is 1. The maximum Gasteiger partial charge on any atom is 0.145 e. The number of aliphatic hydroxyl groups excluding tert-OH is 1. The van der Waals surface area contributed by atoms with Gasteiger partial charge in [-0.3, -0.25) is 0 Å². The van der Waals surface area contributed by atoms with E-state index in [1.165, 1.54) is 6.33 Å². The molecule has 0 aliphatic rings. The zero-order valence-corrected chi connectivity index (χ0v) is 8.31. The van der Waals surface area contributed by atoms with Crippen molar-refractivity contribution in [1.82, 2.24) is 9.97 Å². The molecule has 6 nitrogen and oxygen atoms in total. The third-order valence-electron chi connectivity index (χ3n) is 2.09. The summed E-state index contributed by atoms with van der Waals surface area (Å²) in [6, 6.07) is 1.72. The van der Waals surface area contributed by atoms with Gasteiger partial charge in [-0.15, -0.1) is 0 Å². The highest BCUT2D eigenvalue weighted by molar-refractivity contribution is 5.47. The van der Waals surface area contributed by atoms with Crippen LogP contribution < -0.4 is 16.2 Å². The van der Waals surface area contributed by atoms with Crippen molar-refractivity contribution in [2.45, 2.75) is 13.0 Å². The molecule has 0 aromatic carbocycles. The maximum atomic E-state index is 8.97. The summed E-state index contributed by atoms with van der Waals surface area (Å²) in [7, 11) is 1.85. The number of hydrogen-bond donors (Lipinski definition) is 3. The van der Waals surface area contributed by atoms with Gasteiger partial charge in [0.15, 0.2) is 0 Å². The fourth-order valence-corrected chi connectivity index (χ4v) is 0.967. The molecule has 0 bridgehead atoms. The van der Waals surface area contributed by atoms with Crippen molar-refractivity contribution in [2.75, 3.05) is 24.0 Å². The molecular formula is C8H15N5O. The molecule has 1 unspecified atom stereocenters. The molecule has 1 aromatic rings. The first-order valence-corrected chi connectivity index (χ1v) is 4.31. The lowest BCUT2D eigenvalue weighted by atomic mass is 10.3. The maximum absolute atomic E-state index is 8.97. The van der Waals surface area contributed by atoms with Crippen molar-refractivity contribution in [1.29, 1.82) is 0 Å². The van der Waals surface area contributed by atoms with Crippen LogP contribution in [0, 0.1) is 0 Å². The van der Waals surface area contributed by atoms with Gasteiger partial charge in [0, 0.05) is 13.1 Å². The molecule has 0 saturated heterocycles. The summed E-state index contributed by atoms with van der Waals surface area (Å²) < 4.78 is 0. The lowest BCUT2D eigenvalue weighted by Gasteiger charge is -2.24. The van der Waals surface area contributed by atoms with Gasteiger partial charge in [0.1, 0.15) is 18.0 Å². The highest BCUT2D eigenvalue weighted by Crippen LogP contribution is 2.13. The van der Waals surface area contributed by atoms with Gasteiger partial charge in [0.05, 0.1) is 12.6 Å². The first-order valence-electron chi connectivity index (χ1n) is 4.31. The largest absolute Gasteiger partial charge is 0.394 e. The monoisotopic (exact) mass is 197 g/mol. The molecule has 78 valence electrons. The summed E-state index contributed by atoms with van der Waals surface area (Å²) in [6.45, 7) is 1.98. The Morgan fingerprint density at radius 2 is 2.36 bits per heavy atom. The number of hydrazine groups is 1. The zero-order chi connectivity index (χ0) is 10.6. The standard InChI is InChI=1S/C8H15N5O/c1-6(4-14)13(2)8-3-7(12-9)10-5-11-8/h3,5-6,14H,4,9H2,1-2H3,(H,10,11,12). The van der Waals surface area contributed by atoms with Crippen LogP contribution in [-0.2, 0) is 0 Å². The van der Waals surface area contributed by atoms with E-state index in [1.54, 1.807) is 6.07 Å². The number of anilines is 2. The third kappa shape index (κ3) is 2.30. The van der Waals surface area contributed by atoms with E-state index in [-0.39, 0.29) is 12.6 Å². The quantitative estimate of drug-likeness (QED) is 0.449. The van der Waals surface area contributed by atoms with Crippen molar-refractivity contribution >= 4 is 11.6 Å². The minimum absolute atomic E-state index is 0.00974. The predicted octanol–water partition coefficient (Wildman–Crippen LogP) is -0.421. The Labute approximate surface area is 82.7 Å². The zero-order valence-electron chi connectivity index (χ0n) is 8.31. The number of aromatic nitrogens is 2. The molecule has 0 aliphatic carbocycles. The van der Waals surface area contributed by atoms with Crippen LogP contribution in [0.25, 0.3) is 0 Å². The average molecular weight is 197 g/mol. The predicted molar refractivity (Wildman–Crippen MR) is 54.8 cm³/mol. The second-order valence-corrected chi connectivity index (χ2v) is 3.05. The number of nitrogens with two attached hydrogens (primary N) is 1. The Morgan fingerprint density at radius 1 is 1.64 bits per heavy atom. The number of aliphatic hydroxyl groups is 1. The van der Waals surface area contributed by atoms with E-state index in [2.05, 4.69) is 15.4 Å². The number of nitrogens with zero attached hydrogens (tertiary/aromatic N) is 3. The number of nitrogens with one attached hydrogen (secondary N) is 1. The van der Waals surface area contributed by atoms with Crippen molar-refractivity contribution in [3.05, 3.63) is 12.4 Å². The topological polar surface area (TPSA) is 87.3 Å². The van der Waals surface area contributed by atoms with Crippen LogP contribution in [0.5, 0.6) is 0 Å². The summed E-state index contributed by atoms with van der Waals surface area (Å²) in [5, 5.41) is 8.97. The minimum Gasteiger partial charge on any atom is -0.394 e. The second kappa shape index (κ2) is 4.73.